The van der Waals surface area contributed by atoms with Crippen molar-refractivity contribution in [3.8, 4) is 10.4 Å². The zero-order valence-electron chi connectivity index (χ0n) is 14.5. The Morgan fingerprint density at radius 2 is 2.04 bits per heavy atom. The van der Waals surface area contributed by atoms with Crippen molar-refractivity contribution in [2.45, 2.75) is 58.4 Å². The Labute approximate surface area is 147 Å². The molecule has 5 heteroatoms. The van der Waals surface area contributed by atoms with Gasteiger partial charge in [-0.05, 0) is 51.5 Å². The van der Waals surface area contributed by atoms with E-state index in [1.807, 2.05) is 19.2 Å². The fourth-order valence-corrected chi connectivity index (χ4v) is 5.57. The molecule has 24 heavy (non-hydrogen) atoms. The van der Waals surface area contributed by atoms with Crippen molar-refractivity contribution in [3.63, 3.8) is 0 Å². The predicted octanol–water partition coefficient (Wildman–Crippen LogP) is 4.55. The number of likely N-dealkylation sites (tertiary alicyclic amines) is 1. The summed E-state index contributed by atoms with van der Waals surface area (Å²) in [7, 11) is 0. The molecule has 1 aliphatic heterocycles. The standard InChI is InChI=1S/C19H25N3OS/c1-12-18(13(2)21-20-12)17-10-15(11-24-17)19(23)22-9-5-7-14-6-3-4-8-16(14)22/h10-11,14,16H,3-9H2,1-2H3,(H,20,21). The summed E-state index contributed by atoms with van der Waals surface area (Å²) in [6, 6.07) is 2.53. The number of amides is 1. The summed E-state index contributed by atoms with van der Waals surface area (Å²) in [5.74, 6) is 0.959. The van der Waals surface area contributed by atoms with E-state index >= 15 is 0 Å². The van der Waals surface area contributed by atoms with Crippen LogP contribution in [0, 0.1) is 19.8 Å². The van der Waals surface area contributed by atoms with Crippen LogP contribution in [0.2, 0.25) is 0 Å². The molecule has 2 fully saturated rings. The maximum atomic E-state index is 13.1. The van der Waals surface area contributed by atoms with Gasteiger partial charge in [0.15, 0.2) is 0 Å². The number of thiophene rings is 1. The van der Waals surface area contributed by atoms with Crippen LogP contribution in [0.3, 0.4) is 0 Å². The van der Waals surface area contributed by atoms with Gasteiger partial charge in [0.25, 0.3) is 5.91 Å². The van der Waals surface area contributed by atoms with Gasteiger partial charge >= 0.3 is 0 Å². The van der Waals surface area contributed by atoms with Gasteiger partial charge in [-0.3, -0.25) is 9.89 Å². The largest absolute Gasteiger partial charge is 0.335 e. The van der Waals surface area contributed by atoms with Crippen molar-refractivity contribution in [3.05, 3.63) is 28.4 Å². The highest BCUT2D eigenvalue weighted by atomic mass is 32.1. The van der Waals surface area contributed by atoms with Gasteiger partial charge in [-0.15, -0.1) is 11.3 Å². The minimum absolute atomic E-state index is 0.230. The number of rotatable bonds is 2. The third kappa shape index (κ3) is 2.69. The number of hydrogen-bond acceptors (Lipinski definition) is 3. The number of carbonyl (C=O) groups excluding carboxylic acids is 1. The number of carbonyl (C=O) groups is 1. The second-order valence-corrected chi connectivity index (χ2v) is 8.17. The molecule has 4 rings (SSSR count). The predicted molar refractivity (Wildman–Crippen MR) is 97.4 cm³/mol. The number of aryl methyl sites for hydroxylation is 2. The number of H-pyrrole nitrogens is 1. The summed E-state index contributed by atoms with van der Waals surface area (Å²) in [5.41, 5.74) is 4.06. The Morgan fingerprint density at radius 3 is 2.83 bits per heavy atom. The molecule has 2 atom stereocenters. The van der Waals surface area contributed by atoms with E-state index in [9.17, 15) is 4.79 Å². The van der Waals surface area contributed by atoms with Gasteiger partial charge in [-0.25, -0.2) is 0 Å². The Bertz CT molecular complexity index is 726. The van der Waals surface area contributed by atoms with E-state index in [2.05, 4.69) is 21.2 Å². The molecule has 2 aromatic rings. The minimum Gasteiger partial charge on any atom is -0.335 e. The summed E-state index contributed by atoms with van der Waals surface area (Å²) in [6.45, 7) is 4.97. The fourth-order valence-electron chi connectivity index (χ4n) is 4.54. The van der Waals surface area contributed by atoms with Crippen molar-refractivity contribution in [1.29, 1.82) is 0 Å². The van der Waals surface area contributed by atoms with Gasteiger partial charge in [0.05, 0.1) is 11.3 Å². The summed E-state index contributed by atoms with van der Waals surface area (Å²) in [5, 5.41) is 9.34. The SMILES string of the molecule is Cc1n[nH]c(C)c1-c1cc(C(=O)N2CCCC3CCCCC32)cs1. The van der Waals surface area contributed by atoms with Crippen LogP contribution in [0.5, 0.6) is 0 Å². The van der Waals surface area contributed by atoms with Crippen LogP contribution in [-0.4, -0.2) is 33.6 Å². The van der Waals surface area contributed by atoms with Crippen molar-refractivity contribution < 1.29 is 4.79 Å². The third-order valence-electron chi connectivity index (χ3n) is 5.73. The number of hydrogen-bond donors (Lipinski definition) is 1. The summed E-state index contributed by atoms with van der Waals surface area (Å²) in [6.07, 6.45) is 7.56. The molecular weight excluding hydrogens is 318 g/mol. The molecule has 2 aromatic heterocycles. The highest BCUT2D eigenvalue weighted by Gasteiger charge is 2.36. The quantitative estimate of drug-likeness (QED) is 0.869. The van der Waals surface area contributed by atoms with E-state index in [4.69, 9.17) is 0 Å². The smallest absolute Gasteiger partial charge is 0.254 e. The van der Waals surface area contributed by atoms with Gasteiger partial charge in [0, 0.05) is 34.1 Å². The van der Waals surface area contributed by atoms with E-state index in [1.54, 1.807) is 11.3 Å². The topological polar surface area (TPSA) is 49.0 Å². The van der Waals surface area contributed by atoms with Crippen LogP contribution < -0.4 is 0 Å². The zero-order valence-corrected chi connectivity index (χ0v) is 15.3. The minimum atomic E-state index is 0.230. The van der Waals surface area contributed by atoms with E-state index in [0.717, 1.165) is 46.3 Å². The summed E-state index contributed by atoms with van der Waals surface area (Å²) >= 11 is 1.65. The first-order valence-electron chi connectivity index (χ1n) is 9.06. The Morgan fingerprint density at radius 1 is 1.25 bits per heavy atom. The first-order valence-corrected chi connectivity index (χ1v) is 9.94. The first-order chi connectivity index (χ1) is 11.6. The van der Waals surface area contributed by atoms with Crippen LogP contribution in [0.25, 0.3) is 10.4 Å². The number of aromatic nitrogens is 2. The lowest BCUT2D eigenvalue weighted by Gasteiger charge is -2.44. The van der Waals surface area contributed by atoms with Gasteiger partial charge < -0.3 is 4.90 Å². The number of fused-ring (bicyclic) bond motifs is 1. The van der Waals surface area contributed by atoms with E-state index in [1.165, 1.54) is 32.1 Å². The lowest BCUT2D eigenvalue weighted by atomic mass is 9.78. The molecule has 0 spiro atoms. The van der Waals surface area contributed by atoms with E-state index in [0.29, 0.717) is 6.04 Å². The van der Waals surface area contributed by atoms with Crippen LogP contribution in [0.1, 0.15) is 60.3 Å². The number of aromatic amines is 1. The molecule has 0 radical (unpaired) electrons. The fraction of sp³-hybridized carbons (Fsp3) is 0.579. The first kappa shape index (κ1) is 15.9. The monoisotopic (exact) mass is 343 g/mol. The maximum absolute atomic E-state index is 13.1. The van der Waals surface area contributed by atoms with Gasteiger partial charge in [-0.1, -0.05) is 12.8 Å². The van der Waals surface area contributed by atoms with E-state index < -0.39 is 0 Å². The molecule has 128 valence electrons. The molecule has 2 aliphatic rings. The van der Waals surface area contributed by atoms with Crippen molar-refractivity contribution in [1.82, 2.24) is 15.1 Å². The van der Waals surface area contributed by atoms with Crippen LogP contribution in [0.4, 0.5) is 0 Å². The molecule has 1 aliphatic carbocycles. The molecule has 0 bridgehead atoms. The van der Waals surface area contributed by atoms with Gasteiger partial charge in [0.2, 0.25) is 0 Å². The molecule has 2 unspecified atom stereocenters. The molecule has 4 nitrogen and oxygen atoms in total. The molecule has 1 saturated carbocycles. The molecular formula is C19H25N3OS. The molecule has 1 N–H and O–H groups in total. The lowest BCUT2D eigenvalue weighted by molar-refractivity contribution is 0.0391. The number of nitrogens with zero attached hydrogens (tertiary/aromatic N) is 2. The summed E-state index contributed by atoms with van der Waals surface area (Å²) in [4.78, 5) is 16.4. The lowest BCUT2D eigenvalue weighted by Crippen LogP contribution is -2.49. The molecule has 1 amide bonds. The Hall–Kier alpha value is -1.62. The number of nitrogens with one attached hydrogen (secondary N) is 1. The molecule has 3 heterocycles. The van der Waals surface area contributed by atoms with Crippen LogP contribution in [-0.2, 0) is 0 Å². The van der Waals surface area contributed by atoms with Crippen molar-refractivity contribution >= 4 is 17.2 Å². The Kier molecular flexibility index (Phi) is 4.21. The molecule has 0 aromatic carbocycles. The van der Waals surface area contributed by atoms with Crippen molar-refractivity contribution in [2.75, 3.05) is 6.54 Å². The number of piperidine rings is 1. The van der Waals surface area contributed by atoms with Crippen LogP contribution >= 0.6 is 11.3 Å². The van der Waals surface area contributed by atoms with Gasteiger partial charge in [-0.2, -0.15) is 5.10 Å². The normalized spacial score (nSPS) is 24.0. The van der Waals surface area contributed by atoms with Crippen molar-refractivity contribution in [2.24, 2.45) is 5.92 Å². The average Bonchev–Trinajstić information content (AvgIpc) is 3.20. The molecule has 1 saturated heterocycles. The third-order valence-corrected chi connectivity index (χ3v) is 6.67. The highest BCUT2D eigenvalue weighted by Crippen LogP contribution is 2.37. The van der Waals surface area contributed by atoms with Gasteiger partial charge in [0.1, 0.15) is 0 Å². The second-order valence-electron chi connectivity index (χ2n) is 7.26. The van der Waals surface area contributed by atoms with E-state index in [-0.39, 0.29) is 5.91 Å². The maximum Gasteiger partial charge on any atom is 0.254 e. The van der Waals surface area contributed by atoms with Crippen LogP contribution in [0.15, 0.2) is 11.4 Å². The summed E-state index contributed by atoms with van der Waals surface area (Å²) < 4.78 is 0. The highest BCUT2D eigenvalue weighted by molar-refractivity contribution is 7.13. The zero-order chi connectivity index (χ0) is 16.7. The second kappa shape index (κ2) is 6.36. The Balaban J connectivity index is 1.59. The average molecular weight is 343 g/mol.